The fourth-order valence-corrected chi connectivity index (χ4v) is 4.00. The Morgan fingerprint density at radius 2 is 2.05 bits per heavy atom. The molecule has 1 saturated heterocycles. The summed E-state index contributed by atoms with van der Waals surface area (Å²) in [4.78, 5) is 11.9. The van der Waals surface area contributed by atoms with E-state index >= 15 is 0 Å². The molecule has 2 aliphatic rings. The van der Waals surface area contributed by atoms with Gasteiger partial charge >= 0.3 is 0 Å². The van der Waals surface area contributed by atoms with Crippen LogP contribution in [0, 0.1) is 5.92 Å². The number of primary amides is 1. The van der Waals surface area contributed by atoms with Crippen molar-refractivity contribution in [3.05, 3.63) is 29.3 Å². The standard InChI is InChI=1S/C18H24N2O2/c1-12(18(19)21)17-14-6-5-7-16(22-2)13(14)8-9-15(17)20-10-3-4-11-20/h5-7,12,17H,3-4,8-11H2,1-2H3,(H-,19,21)/p+1. The van der Waals surface area contributed by atoms with Crippen molar-refractivity contribution in [3.8, 4) is 5.75 Å². The van der Waals surface area contributed by atoms with Gasteiger partial charge in [0.25, 0.3) is 0 Å². The number of carbonyl (C=O) groups excluding carboxylic acids is 1. The number of ether oxygens (including phenoxy) is 1. The number of fused-ring (bicyclic) bond motifs is 1. The van der Waals surface area contributed by atoms with E-state index in [0.717, 1.165) is 31.7 Å². The molecule has 1 aliphatic heterocycles. The lowest BCUT2D eigenvalue weighted by Gasteiger charge is -2.29. The zero-order valence-corrected chi connectivity index (χ0v) is 13.5. The Hall–Kier alpha value is -1.84. The molecule has 0 aromatic heterocycles. The van der Waals surface area contributed by atoms with Gasteiger partial charge in [0.2, 0.25) is 5.91 Å². The van der Waals surface area contributed by atoms with Crippen molar-refractivity contribution in [2.75, 3.05) is 20.2 Å². The van der Waals surface area contributed by atoms with Crippen molar-refractivity contribution in [2.24, 2.45) is 11.7 Å². The van der Waals surface area contributed by atoms with Gasteiger partial charge in [-0.2, -0.15) is 0 Å². The van der Waals surface area contributed by atoms with Crippen molar-refractivity contribution in [1.82, 2.24) is 0 Å². The van der Waals surface area contributed by atoms with Crippen LogP contribution < -0.4 is 10.5 Å². The van der Waals surface area contributed by atoms with Gasteiger partial charge in [-0.15, -0.1) is 0 Å². The molecular weight excluding hydrogens is 276 g/mol. The Balaban J connectivity index is 2.12. The van der Waals surface area contributed by atoms with Crippen LogP contribution in [0.15, 0.2) is 18.2 Å². The van der Waals surface area contributed by atoms with Crippen LogP contribution in [0.3, 0.4) is 0 Å². The molecule has 0 radical (unpaired) electrons. The fraction of sp³-hybridized carbons (Fsp3) is 0.556. The van der Waals surface area contributed by atoms with Gasteiger partial charge < -0.3 is 10.5 Å². The monoisotopic (exact) mass is 301 g/mol. The topological polar surface area (TPSA) is 55.3 Å². The molecule has 22 heavy (non-hydrogen) atoms. The lowest BCUT2D eigenvalue weighted by Crippen LogP contribution is -2.38. The third kappa shape index (κ3) is 2.51. The molecule has 1 aromatic carbocycles. The maximum Gasteiger partial charge on any atom is 0.221 e. The molecule has 2 unspecified atom stereocenters. The molecule has 1 heterocycles. The first kappa shape index (κ1) is 15.1. The Bertz CT molecular complexity index is 614. The summed E-state index contributed by atoms with van der Waals surface area (Å²) >= 11 is 0. The zero-order chi connectivity index (χ0) is 15.7. The highest BCUT2D eigenvalue weighted by atomic mass is 16.5. The van der Waals surface area contributed by atoms with Crippen molar-refractivity contribution in [1.29, 1.82) is 0 Å². The molecule has 4 heteroatoms. The predicted octanol–water partition coefficient (Wildman–Crippen LogP) is 2.09. The van der Waals surface area contributed by atoms with Crippen LogP contribution in [0.1, 0.15) is 43.2 Å². The van der Waals surface area contributed by atoms with E-state index in [4.69, 9.17) is 10.5 Å². The molecule has 4 nitrogen and oxygen atoms in total. The summed E-state index contributed by atoms with van der Waals surface area (Å²) in [7, 11) is 1.71. The predicted molar refractivity (Wildman–Crippen MR) is 86.6 cm³/mol. The van der Waals surface area contributed by atoms with Gasteiger partial charge in [0.05, 0.1) is 18.9 Å². The van der Waals surface area contributed by atoms with E-state index in [9.17, 15) is 4.79 Å². The molecule has 0 bridgehead atoms. The Labute approximate surface area is 132 Å². The highest BCUT2D eigenvalue weighted by Gasteiger charge is 2.39. The van der Waals surface area contributed by atoms with Gasteiger partial charge in [-0.25, -0.2) is 4.58 Å². The van der Waals surface area contributed by atoms with E-state index in [1.54, 1.807) is 7.11 Å². The zero-order valence-electron chi connectivity index (χ0n) is 13.5. The Morgan fingerprint density at radius 3 is 2.68 bits per heavy atom. The average Bonchev–Trinajstić information content (AvgIpc) is 3.06. The summed E-state index contributed by atoms with van der Waals surface area (Å²) in [6, 6.07) is 6.16. The molecule has 3 rings (SSSR count). The largest absolute Gasteiger partial charge is 0.496 e. The van der Waals surface area contributed by atoms with Crippen molar-refractivity contribution < 1.29 is 14.1 Å². The van der Waals surface area contributed by atoms with Gasteiger partial charge in [0.1, 0.15) is 18.8 Å². The number of methoxy groups -OCH3 is 1. The molecule has 1 amide bonds. The van der Waals surface area contributed by atoms with E-state index in [-0.39, 0.29) is 17.7 Å². The van der Waals surface area contributed by atoms with Crippen LogP contribution in [-0.2, 0) is 11.2 Å². The summed E-state index contributed by atoms with van der Waals surface area (Å²) in [6.07, 6.45) is 4.46. The first-order valence-corrected chi connectivity index (χ1v) is 8.19. The second-order valence-corrected chi connectivity index (χ2v) is 6.38. The number of nitrogens with zero attached hydrogens (tertiary/aromatic N) is 1. The van der Waals surface area contributed by atoms with E-state index in [1.807, 2.05) is 19.1 Å². The molecule has 2 atom stereocenters. The quantitative estimate of drug-likeness (QED) is 0.869. The highest BCUT2D eigenvalue weighted by molar-refractivity contribution is 5.94. The van der Waals surface area contributed by atoms with Gasteiger partial charge in [-0.3, -0.25) is 4.79 Å². The first-order chi connectivity index (χ1) is 10.6. The maximum atomic E-state index is 11.9. The average molecular weight is 301 g/mol. The van der Waals surface area contributed by atoms with E-state index in [2.05, 4.69) is 10.6 Å². The number of carbonyl (C=O) groups is 1. The molecule has 1 aromatic rings. The summed E-state index contributed by atoms with van der Waals surface area (Å²) in [6.45, 7) is 4.17. The fourth-order valence-electron chi connectivity index (χ4n) is 4.00. The highest BCUT2D eigenvalue weighted by Crippen LogP contribution is 2.39. The number of rotatable bonds is 3. The number of hydrogen-bond donors (Lipinski definition) is 1. The lowest BCUT2D eigenvalue weighted by molar-refractivity contribution is -0.509. The van der Waals surface area contributed by atoms with Crippen LogP contribution in [0.25, 0.3) is 0 Å². The molecular formula is C18H25N2O2+. The molecule has 2 N–H and O–H groups in total. The number of amides is 1. The minimum atomic E-state index is -0.225. The third-order valence-corrected chi connectivity index (χ3v) is 5.18. The Kier molecular flexibility index (Phi) is 4.19. The first-order valence-electron chi connectivity index (χ1n) is 8.19. The van der Waals surface area contributed by atoms with Gasteiger partial charge in [0.15, 0.2) is 5.71 Å². The number of hydrogen-bond acceptors (Lipinski definition) is 2. The van der Waals surface area contributed by atoms with Crippen LogP contribution >= 0.6 is 0 Å². The number of nitrogens with two attached hydrogens (primary N) is 1. The van der Waals surface area contributed by atoms with E-state index in [1.165, 1.54) is 29.7 Å². The van der Waals surface area contributed by atoms with Gasteiger partial charge in [-0.1, -0.05) is 19.1 Å². The smallest absolute Gasteiger partial charge is 0.221 e. The van der Waals surface area contributed by atoms with Gasteiger partial charge in [-0.05, 0) is 23.6 Å². The van der Waals surface area contributed by atoms with Gasteiger partial charge in [0, 0.05) is 19.3 Å². The minimum Gasteiger partial charge on any atom is -0.496 e. The van der Waals surface area contributed by atoms with Crippen LogP contribution in [0.2, 0.25) is 0 Å². The molecule has 0 saturated carbocycles. The van der Waals surface area contributed by atoms with E-state index < -0.39 is 0 Å². The summed E-state index contributed by atoms with van der Waals surface area (Å²) in [5.41, 5.74) is 9.51. The molecule has 118 valence electrons. The second-order valence-electron chi connectivity index (χ2n) is 6.38. The van der Waals surface area contributed by atoms with Crippen LogP contribution in [-0.4, -0.2) is 36.4 Å². The Morgan fingerprint density at radius 1 is 1.32 bits per heavy atom. The summed E-state index contributed by atoms with van der Waals surface area (Å²) in [5, 5.41) is 0. The minimum absolute atomic E-state index is 0.0921. The SMILES string of the molecule is COc1cccc2c1CCC(=[N+]1CCCC1)C2C(C)C(N)=O. The summed E-state index contributed by atoms with van der Waals surface area (Å²) < 4.78 is 8.00. The number of benzene rings is 1. The normalized spacial score (nSPS) is 22.4. The summed E-state index contributed by atoms with van der Waals surface area (Å²) in [5.74, 6) is 0.605. The van der Waals surface area contributed by atoms with E-state index in [0.29, 0.717) is 0 Å². The van der Waals surface area contributed by atoms with Crippen LogP contribution in [0.4, 0.5) is 0 Å². The van der Waals surface area contributed by atoms with Crippen molar-refractivity contribution in [2.45, 2.75) is 38.5 Å². The van der Waals surface area contributed by atoms with Crippen LogP contribution in [0.5, 0.6) is 5.75 Å². The van der Waals surface area contributed by atoms with Crippen molar-refractivity contribution >= 4 is 11.6 Å². The molecule has 0 spiro atoms. The molecule has 1 aliphatic carbocycles. The second kappa shape index (κ2) is 6.11. The lowest BCUT2D eigenvalue weighted by atomic mass is 9.74. The van der Waals surface area contributed by atoms with Crippen molar-refractivity contribution in [3.63, 3.8) is 0 Å². The molecule has 1 fully saturated rings. The maximum absolute atomic E-state index is 11.9. The third-order valence-electron chi connectivity index (χ3n) is 5.18.